The molecule has 1 heterocycles. The number of fused-ring (bicyclic) bond motifs is 2. The first-order valence-corrected chi connectivity index (χ1v) is 8.18. The number of nitrogens with zero attached hydrogens (tertiary/aromatic N) is 1. The van der Waals surface area contributed by atoms with Crippen LogP contribution in [0.2, 0.25) is 0 Å². The Kier molecular flexibility index (Phi) is 3.04. The van der Waals surface area contributed by atoms with Crippen molar-refractivity contribution >= 4 is 11.7 Å². The molecule has 0 aromatic heterocycles. The Labute approximate surface area is 122 Å². The zero-order valence-corrected chi connectivity index (χ0v) is 13.1. The van der Waals surface area contributed by atoms with Crippen molar-refractivity contribution in [3.05, 3.63) is 0 Å². The number of hydrogen-bond acceptors (Lipinski definition) is 2. The Balaban J connectivity index is 1.92. The fourth-order valence-corrected chi connectivity index (χ4v) is 4.91. The van der Waals surface area contributed by atoms with Gasteiger partial charge in [-0.25, -0.2) is 0 Å². The van der Waals surface area contributed by atoms with E-state index in [2.05, 4.69) is 25.7 Å². The van der Waals surface area contributed by atoms with Gasteiger partial charge in [0.05, 0.1) is 5.41 Å². The molecule has 0 unspecified atom stereocenters. The van der Waals surface area contributed by atoms with Gasteiger partial charge in [0.1, 0.15) is 5.78 Å². The van der Waals surface area contributed by atoms with Crippen molar-refractivity contribution in [1.29, 1.82) is 0 Å². The third-order valence-electron chi connectivity index (χ3n) is 7.01. The summed E-state index contributed by atoms with van der Waals surface area (Å²) in [6, 6.07) is 0. The summed E-state index contributed by atoms with van der Waals surface area (Å²) in [6.07, 6.45) is 6.97. The van der Waals surface area contributed by atoms with Crippen LogP contribution in [0, 0.1) is 16.2 Å². The lowest BCUT2D eigenvalue weighted by Crippen LogP contribution is -2.49. The number of ketones is 1. The first kappa shape index (κ1) is 14.1. The molecule has 0 aromatic rings. The van der Waals surface area contributed by atoms with E-state index in [0.29, 0.717) is 12.2 Å². The number of amides is 1. The number of hydrogen-bond donors (Lipinski definition) is 0. The van der Waals surface area contributed by atoms with Crippen molar-refractivity contribution in [2.45, 2.75) is 65.7 Å². The van der Waals surface area contributed by atoms with E-state index in [1.807, 2.05) is 0 Å². The SMILES string of the molecule is CC1(C)[C@@]2(C(=O)N3CCCCCC3)CC[C@]1(C)C(=O)C2. The zero-order valence-electron chi connectivity index (χ0n) is 13.1. The summed E-state index contributed by atoms with van der Waals surface area (Å²) >= 11 is 0. The molecule has 20 heavy (non-hydrogen) atoms. The maximum atomic E-state index is 13.2. The van der Waals surface area contributed by atoms with Crippen LogP contribution in [0.3, 0.4) is 0 Å². The van der Waals surface area contributed by atoms with Crippen LogP contribution in [0.15, 0.2) is 0 Å². The molecule has 3 aliphatic rings. The van der Waals surface area contributed by atoms with E-state index in [1.165, 1.54) is 12.8 Å². The van der Waals surface area contributed by atoms with E-state index in [-0.39, 0.29) is 16.7 Å². The fourth-order valence-electron chi connectivity index (χ4n) is 4.91. The van der Waals surface area contributed by atoms with Gasteiger partial charge in [0.25, 0.3) is 0 Å². The van der Waals surface area contributed by atoms with Crippen LogP contribution in [-0.4, -0.2) is 29.7 Å². The summed E-state index contributed by atoms with van der Waals surface area (Å²) in [5, 5.41) is 0. The van der Waals surface area contributed by atoms with Gasteiger partial charge in [0.2, 0.25) is 5.91 Å². The third kappa shape index (κ3) is 1.52. The smallest absolute Gasteiger partial charge is 0.229 e. The minimum atomic E-state index is -0.414. The van der Waals surface area contributed by atoms with E-state index < -0.39 is 5.41 Å². The summed E-state index contributed by atoms with van der Waals surface area (Å²) in [4.78, 5) is 27.7. The molecule has 2 aliphatic carbocycles. The second kappa shape index (κ2) is 4.32. The highest BCUT2D eigenvalue weighted by Crippen LogP contribution is 2.71. The van der Waals surface area contributed by atoms with Crippen molar-refractivity contribution in [2.24, 2.45) is 16.2 Å². The standard InChI is InChI=1S/C17H27NO2/c1-15(2)16(3)8-9-17(15,12-13(16)19)14(20)18-10-6-4-5-7-11-18/h4-12H2,1-3H3/t16-,17+/m1/s1. The topological polar surface area (TPSA) is 37.4 Å². The second-order valence-electron chi connectivity index (χ2n) is 7.85. The molecule has 2 saturated carbocycles. The number of carbonyl (C=O) groups excluding carboxylic acids is 2. The van der Waals surface area contributed by atoms with Gasteiger partial charge in [-0.15, -0.1) is 0 Å². The molecule has 3 heteroatoms. The highest BCUT2D eigenvalue weighted by atomic mass is 16.2. The molecule has 0 spiro atoms. The fraction of sp³-hybridized carbons (Fsp3) is 0.882. The minimum absolute atomic E-state index is 0.194. The molecule has 2 atom stereocenters. The summed E-state index contributed by atoms with van der Waals surface area (Å²) < 4.78 is 0. The van der Waals surface area contributed by atoms with Crippen molar-refractivity contribution in [3.8, 4) is 0 Å². The van der Waals surface area contributed by atoms with Gasteiger partial charge in [-0.3, -0.25) is 9.59 Å². The molecule has 3 nitrogen and oxygen atoms in total. The Hall–Kier alpha value is -0.860. The third-order valence-corrected chi connectivity index (χ3v) is 7.01. The number of rotatable bonds is 1. The van der Waals surface area contributed by atoms with E-state index in [9.17, 15) is 9.59 Å². The van der Waals surface area contributed by atoms with E-state index >= 15 is 0 Å². The lowest BCUT2D eigenvalue weighted by molar-refractivity contribution is -0.147. The Morgan fingerprint density at radius 1 is 1.00 bits per heavy atom. The van der Waals surface area contributed by atoms with Gasteiger partial charge in [-0.05, 0) is 31.1 Å². The highest BCUT2D eigenvalue weighted by molar-refractivity contribution is 5.99. The van der Waals surface area contributed by atoms with Crippen LogP contribution in [0.4, 0.5) is 0 Å². The van der Waals surface area contributed by atoms with Crippen LogP contribution in [0.1, 0.15) is 65.7 Å². The molecule has 0 aromatic carbocycles. The lowest BCUT2D eigenvalue weighted by atomic mass is 9.64. The predicted octanol–water partition coefficient (Wildman–Crippen LogP) is 3.17. The van der Waals surface area contributed by atoms with Crippen molar-refractivity contribution in [2.75, 3.05) is 13.1 Å². The molecule has 1 amide bonds. The molecule has 3 fully saturated rings. The highest BCUT2D eigenvalue weighted by Gasteiger charge is 2.72. The largest absolute Gasteiger partial charge is 0.342 e. The van der Waals surface area contributed by atoms with Gasteiger partial charge in [0, 0.05) is 24.9 Å². The summed E-state index contributed by atoms with van der Waals surface area (Å²) in [6.45, 7) is 8.17. The maximum absolute atomic E-state index is 13.2. The first-order chi connectivity index (χ1) is 9.35. The molecule has 0 N–H and O–H groups in total. The monoisotopic (exact) mass is 277 g/mol. The average Bonchev–Trinajstić information content (AvgIpc) is 2.68. The van der Waals surface area contributed by atoms with Crippen molar-refractivity contribution in [3.63, 3.8) is 0 Å². The molecule has 112 valence electrons. The molecular weight excluding hydrogens is 250 g/mol. The van der Waals surface area contributed by atoms with Gasteiger partial charge < -0.3 is 4.90 Å². The minimum Gasteiger partial charge on any atom is -0.342 e. The van der Waals surface area contributed by atoms with Crippen molar-refractivity contribution < 1.29 is 9.59 Å². The van der Waals surface area contributed by atoms with E-state index in [4.69, 9.17) is 0 Å². The van der Waals surface area contributed by atoms with Crippen LogP contribution < -0.4 is 0 Å². The first-order valence-electron chi connectivity index (χ1n) is 8.18. The number of carbonyl (C=O) groups is 2. The average molecular weight is 277 g/mol. The van der Waals surface area contributed by atoms with Crippen LogP contribution in [0.5, 0.6) is 0 Å². The molecule has 2 bridgehead atoms. The van der Waals surface area contributed by atoms with Crippen LogP contribution in [-0.2, 0) is 9.59 Å². The van der Waals surface area contributed by atoms with E-state index in [1.54, 1.807) is 0 Å². The van der Waals surface area contributed by atoms with Crippen molar-refractivity contribution in [1.82, 2.24) is 4.90 Å². The maximum Gasteiger partial charge on any atom is 0.229 e. The molecule has 3 rings (SSSR count). The zero-order chi connectivity index (χ0) is 14.6. The number of Topliss-reactive ketones (excluding diaryl/α,β-unsaturated/α-hetero) is 1. The predicted molar refractivity (Wildman–Crippen MR) is 78.2 cm³/mol. The lowest BCUT2D eigenvalue weighted by Gasteiger charge is -2.41. The van der Waals surface area contributed by atoms with Gasteiger partial charge in [-0.1, -0.05) is 33.6 Å². The Bertz CT molecular complexity index is 448. The Morgan fingerprint density at radius 2 is 1.60 bits per heavy atom. The summed E-state index contributed by atoms with van der Waals surface area (Å²) in [5.74, 6) is 0.593. The van der Waals surface area contributed by atoms with Gasteiger partial charge in [0.15, 0.2) is 0 Å². The normalized spacial score (nSPS) is 40.0. The molecule has 0 radical (unpaired) electrons. The van der Waals surface area contributed by atoms with Gasteiger partial charge >= 0.3 is 0 Å². The molecular formula is C17H27NO2. The second-order valence-corrected chi connectivity index (χ2v) is 7.85. The van der Waals surface area contributed by atoms with Gasteiger partial charge in [-0.2, -0.15) is 0 Å². The van der Waals surface area contributed by atoms with E-state index in [0.717, 1.165) is 38.8 Å². The molecule has 1 saturated heterocycles. The number of likely N-dealkylation sites (tertiary alicyclic amines) is 1. The summed E-state index contributed by atoms with van der Waals surface area (Å²) in [7, 11) is 0. The summed E-state index contributed by atoms with van der Waals surface area (Å²) in [5.41, 5.74) is -0.891. The van der Waals surface area contributed by atoms with Crippen LogP contribution >= 0.6 is 0 Å². The van der Waals surface area contributed by atoms with Crippen LogP contribution in [0.25, 0.3) is 0 Å². The Morgan fingerprint density at radius 3 is 2.05 bits per heavy atom. The quantitative estimate of drug-likeness (QED) is 0.738. The molecule has 1 aliphatic heterocycles.